The van der Waals surface area contributed by atoms with Crippen molar-refractivity contribution in [2.45, 2.75) is 20.0 Å². The summed E-state index contributed by atoms with van der Waals surface area (Å²) in [6.45, 7) is 5.12. The lowest BCUT2D eigenvalue weighted by Gasteiger charge is -2.07. The fourth-order valence-electron chi connectivity index (χ4n) is 1.65. The van der Waals surface area contributed by atoms with Gasteiger partial charge in [0.2, 0.25) is 0 Å². The Kier molecular flexibility index (Phi) is 4.86. The molecule has 98 valence electrons. The highest BCUT2D eigenvalue weighted by Crippen LogP contribution is 2.11. The van der Waals surface area contributed by atoms with Gasteiger partial charge in [-0.25, -0.2) is 4.98 Å². The molecular formula is C12H18N4OS. The van der Waals surface area contributed by atoms with Crippen LogP contribution in [-0.2, 0) is 17.8 Å². The number of aryl methyl sites for hydroxylation is 1. The van der Waals surface area contributed by atoms with Crippen molar-refractivity contribution in [1.82, 2.24) is 20.1 Å². The van der Waals surface area contributed by atoms with Crippen molar-refractivity contribution in [2.24, 2.45) is 0 Å². The van der Waals surface area contributed by atoms with Gasteiger partial charge in [-0.1, -0.05) is 0 Å². The van der Waals surface area contributed by atoms with Gasteiger partial charge in [0.1, 0.15) is 5.01 Å². The Morgan fingerprint density at radius 3 is 3.11 bits per heavy atom. The monoisotopic (exact) mass is 266 g/mol. The number of hydrogen-bond donors (Lipinski definition) is 1. The van der Waals surface area contributed by atoms with Crippen LogP contribution in [0.3, 0.4) is 0 Å². The average molecular weight is 266 g/mol. The van der Waals surface area contributed by atoms with Gasteiger partial charge in [0.15, 0.2) is 0 Å². The lowest BCUT2D eigenvalue weighted by molar-refractivity contribution is 0.199. The molecule has 0 atom stereocenters. The molecule has 18 heavy (non-hydrogen) atoms. The van der Waals surface area contributed by atoms with Gasteiger partial charge in [-0.2, -0.15) is 5.10 Å². The second-order valence-corrected chi connectivity index (χ2v) is 4.98. The summed E-state index contributed by atoms with van der Waals surface area (Å²) in [5.74, 6) is 0. The van der Waals surface area contributed by atoms with Crippen molar-refractivity contribution in [3.05, 3.63) is 34.0 Å². The lowest BCUT2D eigenvalue weighted by atomic mass is 10.4. The van der Waals surface area contributed by atoms with E-state index in [-0.39, 0.29) is 0 Å². The van der Waals surface area contributed by atoms with Gasteiger partial charge in [-0.05, 0) is 13.0 Å². The van der Waals surface area contributed by atoms with Gasteiger partial charge in [0.05, 0.1) is 18.8 Å². The molecule has 0 saturated carbocycles. The van der Waals surface area contributed by atoms with E-state index in [4.69, 9.17) is 4.74 Å². The minimum Gasteiger partial charge on any atom is -0.383 e. The Morgan fingerprint density at radius 1 is 1.50 bits per heavy atom. The van der Waals surface area contributed by atoms with E-state index in [2.05, 4.69) is 20.8 Å². The number of nitrogens with one attached hydrogen (secondary N) is 1. The molecule has 2 aromatic rings. The van der Waals surface area contributed by atoms with Crippen LogP contribution in [0.1, 0.15) is 16.4 Å². The zero-order chi connectivity index (χ0) is 12.8. The summed E-state index contributed by atoms with van der Waals surface area (Å²) < 4.78 is 6.98. The maximum Gasteiger partial charge on any atom is 0.114 e. The molecule has 0 aliphatic carbocycles. The second-order valence-electron chi connectivity index (χ2n) is 4.03. The summed E-state index contributed by atoms with van der Waals surface area (Å²) in [6.07, 6.45) is 1.83. The van der Waals surface area contributed by atoms with Crippen molar-refractivity contribution in [2.75, 3.05) is 20.3 Å². The normalized spacial score (nSPS) is 11.0. The van der Waals surface area contributed by atoms with Crippen LogP contribution in [0.25, 0.3) is 0 Å². The van der Waals surface area contributed by atoms with Gasteiger partial charge in [0, 0.05) is 37.5 Å². The Morgan fingerprint density at radius 2 is 2.39 bits per heavy atom. The third kappa shape index (κ3) is 3.63. The van der Waals surface area contributed by atoms with Gasteiger partial charge in [0.25, 0.3) is 0 Å². The van der Waals surface area contributed by atoms with Crippen LogP contribution < -0.4 is 5.32 Å². The molecule has 0 bridgehead atoms. The predicted octanol–water partition coefficient (Wildman–Crippen LogP) is 1.43. The first-order valence-corrected chi connectivity index (χ1v) is 6.79. The SMILES string of the molecule is COCCNCc1ccnn1Cc1nc(C)cs1. The summed E-state index contributed by atoms with van der Waals surface area (Å²) in [6, 6.07) is 2.03. The van der Waals surface area contributed by atoms with Crippen LogP contribution in [0, 0.1) is 6.92 Å². The summed E-state index contributed by atoms with van der Waals surface area (Å²) in [4.78, 5) is 4.45. The van der Waals surface area contributed by atoms with Crippen molar-refractivity contribution in [1.29, 1.82) is 0 Å². The summed E-state index contributed by atoms with van der Waals surface area (Å²) >= 11 is 1.68. The van der Waals surface area contributed by atoms with Crippen molar-refractivity contribution >= 4 is 11.3 Å². The van der Waals surface area contributed by atoms with Crippen LogP contribution in [-0.4, -0.2) is 35.0 Å². The Hall–Kier alpha value is -1.24. The smallest absolute Gasteiger partial charge is 0.114 e. The van der Waals surface area contributed by atoms with Crippen molar-refractivity contribution in [3.8, 4) is 0 Å². The van der Waals surface area contributed by atoms with E-state index in [0.717, 1.165) is 36.9 Å². The average Bonchev–Trinajstić information content (AvgIpc) is 2.95. The summed E-state index contributed by atoms with van der Waals surface area (Å²) in [7, 11) is 1.71. The lowest BCUT2D eigenvalue weighted by Crippen LogP contribution is -2.21. The highest BCUT2D eigenvalue weighted by molar-refractivity contribution is 7.09. The van der Waals surface area contributed by atoms with E-state index < -0.39 is 0 Å². The van der Waals surface area contributed by atoms with Gasteiger partial charge >= 0.3 is 0 Å². The Balaban J connectivity index is 1.91. The fourth-order valence-corrected chi connectivity index (χ4v) is 2.40. The van der Waals surface area contributed by atoms with E-state index in [9.17, 15) is 0 Å². The molecule has 2 heterocycles. The first-order chi connectivity index (χ1) is 8.79. The highest BCUT2D eigenvalue weighted by Gasteiger charge is 2.05. The molecule has 0 aliphatic heterocycles. The van der Waals surface area contributed by atoms with Gasteiger partial charge < -0.3 is 10.1 Å². The fraction of sp³-hybridized carbons (Fsp3) is 0.500. The standard InChI is InChI=1S/C12H18N4OS/c1-10-9-18-12(15-10)8-16-11(3-4-14-16)7-13-5-6-17-2/h3-4,9,13H,5-8H2,1-2H3. The number of hydrogen-bond acceptors (Lipinski definition) is 5. The first kappa shape index (κ1) is 13.2. The molecule has 1 N–H and O–H groups in total. The number of aromatic nitrogens is 3. The van der Waals surface area contributed by atoms with E-state index in [1.165, 1.54) is 5.69 Å². The number of ether oxygens (including phenoxy) is 1. The molecule has 2 rings (SSSR count). The van der Waals surface area contributed by atoms with Crippen LogP contribution in [0.5, 0.6) is 0 Å². The molecule has 5 nitrogen and oxygen atoms in total. The number of nitrogens with zero attached hydrogens (tertiary/aromatic N) is 3. The molecule has 0 spiro atoms. The Labute approximate surface area is 111 Å². The Bertz CT molecular complexity index is 480. The molecule has 0 aliphatic rings. The number of thiazole rings is 1. The maximum atomic E-state index is 5.00. The largest absolute Gasteiger partial charge is 0.383 e. The molecular weight excluding hydrogens is 248 g/mol. The van der Waals surface area contributed by atoms with Crippen LogP contribution in [0.15, 0.2) is 17.6 Å². The summed E-state index contributed by atoms with van der Waals surface area (Å²) in [5, 5.41) is 10.8. The van der Waals surface area contributed by atoms with Crippen molar-refractivity contribution < 1.29 is 4.74 Å². The summed E-state index contributed by atoms with van der Waals surface area (Å²) in [5.41, 5.74) is 2.24. The molecule has 0 radical (unpaired) electrons. The zero-order valence-corrected chi connectivity index (χ0v) is 11.5. The third-order valence-electron chi connectivity index (χ3n) is 2.55. The van der Waals surface area contributed by atoms with Gasteiger partial charge in [-0.15, -0.1) is 11.3 Å². The predicted molar refractivity (Wildman–Crippen MR) is 71.8 cm³/mol. The van der Waals surface area contributed by atoms with E-state index in [1.807, 2.05) is 23.9 Å². The number of rotatable bonds is 7. The minimum absolute atomic E-state index is 0.722. The minimum atomic E-state index is 0.722. The van der Waals surface area contributed by atoms with E-state index >= 15 is 0 Å². The topological polar surface area (TPSA) is 52.0 Å². The van der Waals surface area contributed by atoms with Crippen LogP contribution in [0.2, 0.25) is 0 Å². The molecule has 0 amide bonds. The maximum absolute atomic E-state index is 5.00. The molecule has 0 fully saturated rings. The zero-order valence-electron chi connectivity index (χ0n) is 10.7. The molecule has 0 aromatic carbocycles. The second kappa shape index (κ2) is 6.63. The quantitative estimate of drug-likeness (QED) is 0.770. The molecule has 0 unspecified atom stereocenters. The van der Waals surface area contributed by atoms with Gasteiger partial charge in [-0.3, -0.25) is 4.68 Å². The van der Waals surface area contributed by atoms with Crippen molar-refractivity contribution in [3.63, 3.8) is 0 Å². The molecule has 2 aromatic heterocycles. The number of methoxy groups -OCH3 is 1. The molecule has 6 heteroatoms. The van der Waals surface area contributed by atoms with E-state index in [1.54, 1.807) is 18.4 Å². The van der Waals surface area contributed by atoms with E-state index in [0.29, 0.717) is 0 Å². The first-order valence-electron chi connectivity index (χ1n) is 5.91. The third-order valence-corrected chi connectivity index (χ3v) is 3.50. The highest BCUT2D eigenvalue weighted by atomic mass is 32.1. The van der Waals surface area contributed by atoms with Crippen LogP contribution >= 0.6 is 11.3 Å². The molecule has 0 saturated heterocycles. The van der Waals surface area contributed by atoms with Crippen LogP contribution in [0.4, 0.5) is 0 Å².